The Bertz CT molecular complexity index is 961. The molecule has 5 nitrogen and oxygen atoms in total. The zero-order chi connectivity index (χ0) is 20.1. The third kappa shape index (κ3) is 4.85. The number of halogens is 3. The number of rotatable bonds is 5. The molecule has 0 aliphatic rings. The summed E-state index contributed by atoms with van der Waals surface area (Å²) >= 11 is 0. The third-order valence-electron chi connectivity index (χ3n) is 4.01. The molecule has 0 aliphatic carbocycles. The molecule has 28 heavy (non-hydrogen) atoms. The number of benzene rings is 2. The highest BCUT2D eigenvalue weighted by molar-refractivity contribution is 5.95. The molecule has 0 aliphatic heterocycles. The van der Waals surface area contributed by atoms with Crippen molar-refractivity contribution >= 4 is 17.5 Å². The van der Waals surface area contributed by atoms with Gasteiger partial charge in [-0.15, -0.1) is 0 Å². The summed E-state index contributed by atoms with van der Waals surface area (Å²) in [6.07, 6.45) is -1.26. The lowest BCUT2D eigenvalue weighted by atomic mass is 10.0. The number of hydrogen-bond donors (Lipinski definition) is 2. The highest BCUT2D eigenvalue weighted by atomic mass is 19.4. The number of hydrogen-bond acceptors (Lipinski definition) is 4. The van der Waals surface area contributed by atoms with Crippen LogP contribution in [0.4, 0.5) is 24.8 Å². The molecule has 0 saturated heterocycles. The first-order chi connectivity index (χ1) is 13.3. The summed E-state index contributed by atoms with van der Waals surface area (Å²) in [7, 11) is 0. The van der Waals surface area contributed by atoms with Crippen molar-refractivity contribution in [3.63, 3.8) is 0 Å². The average Bonchev–Trinajstić information content (AvgIpc) is 2.68. The van der Waals surface area contributed by atoms with E-state index in [1.54, 1.807) is 55.7 Å². The standard InChI is InChI=1S/C20H17F3N4O/c1-13(14-5-2-7-16(11-14)20(21,22)23)26-18(28)15-6-3-8-17(12-15)27-19-24-9-4-10-25-19/h2-13H,1H3,(H,26,28)(H,24,25,27). The van der Waals surface area contributed by atoms with Crippen LogP contribution < -0.4 is 10.6 Å². The van der Waals surface area contributed by atoms with Crippen molar-refractivity contribution < 1.29 is 18.0 Å². The molecule has 0 bridgehead atoms. The molecule has 8 heteroatoms. The maximum absolute atomic E-state index is 12.9. The Kier molecular flexibility index (Phi) is 5.58. The van der Waals surface area contributed by atoms with Crippen molar-refractivity contribution in [1.29, 1.82) is 0 Å². The zero-order valence-electron chi connectivity index (χ0n) is 14.9. The highest BCUT2D eigenvalue weighted by Gasteiger charge is 2.30. The van der Waals surface area contributed by atoms with Crippen molar-refractivity contribution in [3.8, 4) is 0 Å². The van der Waals surface area contributed by atoms with Crippen LogP contribution in [0.2, 0.25) is 0 Å². The first-order valence-corrected chi connectivity index (χ1v) is 8.45. The molecular formula is C20H17F3N4O. The van der Waals surface area contributed by atoms with E-state index in [0.717, 1.165) is 12.1 Å². The van der Waals surface area contributed by atoms with E-state index >= 15 is 0 Å². The van der Waals surface area contributed by atoms with Crippen LogP contribution in [-0.2, 0) is 6.18 Å². The zero-order valence-corrected chi connectivity index (χ0v) is 14.9. The maximum atomic E-state index is 12.9. The van der Waals surface area contributed by atoms with Gasteiger partial charge in [0.1, 0.15) is 0 Å². The van der Waals surface area contributed by atoms with Crippen LogP contribution in [0.15, 0.2) is 67.0 Å². The summed E-state index contributed by atoms with van der Waals surface area (Å²) in [6, 6.07) is 12.7. The second-order valence-corrected chi connectivity index (χ2v) is 6.10. The van der Waals surface area contributed by atoms with Gasteiger partial charge in [0, 0.05) is 23.6 Å². The largest absolute Gasteiger partial charge is 0.416 e. The first kappa shape index (κ1) is 19.3. The smallest absolute Gasteiger partial charge is 0.346 e. The Balaban J connectivity index is 1.72. The summed E-state index contributed by atoms with van der Waals surface area (Å²) in [5.41, 5.74) is 0.598. The Morgan fingerprint density at radius 1 is 1.00 bits per heavy atom. The number of nitrogens with zero attached hydrogens (tertiary/aromatic N) is 2. The highest BCUT2D eigenvalue weighted by Crippen LogP contribution is 2.30. The minimum Gasteiger partial charge on any atom is -0.346 e. The predicted molar refractivity (Wildman–Crippen MR) is 99.1 cm³/mol. The van der Waals surface area contributed by atoms with Crippen LogP contribution in [-0.4, -0.2) is 15.9 Å². The van der Waals surface area contributed by atoms with Crippen LogP contribution in [0.3, 0.4) is 0 Å². The average molecular weight is 386 g/mol. The third-order valence-corrected chi connectivity index (χ3v) is 4.01. The molecule has 144 valence electrons. The van der Waals surface area contributed by atoms with Gasteiger partial charge in [-0.05, 0) is 48.9 Å². The lowest BCUT2D eigenvalue weighted by molar-refractivity contribution is -0.137. The van der Waals surface area contributed by atoms with Gasteiger partial charge in [-0.3, -0.25) is 4.79 Å². The lowest BCUT2D eigenvalue weighted by Crippen LogP contribution is -2.26. The van der Waals surface area contributed by atoms with E-state index in [9.17, 15) is 18.0 Å². The van der Waals surface area contributed by atoms with Gasteiger partial charge in [-0.25, -0.2) is 9.97 Å². The van der Waals surface area contributed by atoms with Crippen molar-refractivity contribution in [2.75, 3.05) is 5.32 Å². The van der Waals surface area contributed by atoms with Crippen molar-refractivity contribution in [1.82, 2.24) is 15.3 Å². The summed E-state index contributed by atoms with van der Waals surface area (Å²) < 4.78 is 38.6. The van der Waals surface area contributed by atoms with E-state index in [2.05, 4.69) is 20.6 Å². The second kappa shape index (κ2) is 8.08. The van der Waals surface area contributed by atoms with Crippen LogP contribution in [0.5, 0.6) is 0 Å². The van der Waals surface area contributed by atoms with E-state index in [1.807, 2.05) is 0 Å². The van der Waals surface area contributed by atoms with Gasteiger partial charge in [0.05, 0.1) is 11.6 Å². The number of carbonyl (C=O) groups excluding carboxylic acids is 1. The number of amides is 1. The van der Waals surface area contributed by atoms with Gasteiger partial charge >= 0.3 is 6.18 Å². The Hall–Kier alpha value is -3.42. The fraction of sp³-hybridized carbons (Fsp3) is 0.150. The number of aromatic nitrogens is 2. The van der Waals surface area contributed by atoms with Gasteiger partial charge in [-0.2, -0.15) is 13.2 Å². The predicted octanol–water partition coefficient (Wildman–Crippen LogP) is 4.73. The normalized spacial score (nSPS) is 12.3. The van der Waals surface area contributed by atoms with Crippen molar-refractivity contribution in [2.45, 2.75) is 19.1 Å². The Morgan fingerprint density at radius 2 is 1.71 bits per heavy atom. The minimum absolute atomic E-state index is 0.361. The van der Waals surface area contributed by atoms with Crippen molar-refractivity contribution in [3.05, 3.63) is 83.7 Å². The SMILES string of the molecule is CC(NC(=O)c1cccc(Nc2ncccn2)c1)c1cccc(C(F)(F)F)c1. The van der Waals surface area contributed by atoms with E-state index in [4.69, 9.17) is 0 Å². The number of carbonyl (C=O) groups is 1. The van der Waals surface area contributed by atoms with Gasteiger partial charge < -0.3 is 10.6 Å². The topological polar surface area (TPSA) is 66.9 Å². The van der Waals surface area contributed by atoms with Crippen LogP contribution in [0.1, 0.15) is 34.5 Å². The Labute approximate surface area is 159 Å². The molecule has 3 rings (SSSR count). The molecule has 1 atom stereocenters. The number of nitrogens with one attached hydrogen (secondary N) is 2. The molecular weight excluding hydrogens is 369 g/mol. The quantitative estimate of drug-likeness (QED) is 0.665. The van der Waals surface area contributed by atoms with Gasteiger partial charge in [0.15, 0.2) is 0 Å². The molecule has 1 unspecified atom stereocenters. The molecule has 3 aromatic rings. The number of anilines is 2. The summed E-state index contributed by atoms with van der Waals surface area (Å²) in [5.74, 6) is -0.0140. The van der Waals surface area contributed by atoms with E-state index in [-0.39, 0.29) is 0 Å². The molecule has 2 aromatic carbocycles. The van der Waals surface area contributed by atoms with E-state index < -0.39 is 23.7 Å². The fourth-order valence-electron chi connectivity index (χ4n) is 2.58. The maximum Gasteiger partial charge on any atom is 0.416 e. The van der Waals surface area contributed by atoms with Gasteiger partial charge in [0.25, 0.3) is 5.91 Å². The second-order valence-electron chi connectivity index (χ2n) is 6.10. The molecule has 0 saturated carbocycles. The molecule has 0 fully saturated rings. The van der Waals surface area contributed by atoms with Crippen LogP contribution in [0.25, 0.3) is 0 Å². The summed E-state index contributed by atoms with van der Waals surface area (Å²) in [5, 5.41) is 5.70. The minimum atomic E-state index is -4.43. The number of alkyl halides is 3. The fourth-order valence-corrected chi connectivity index (χ4v) is 2.58. The molecule has 1 heterocycles. The summed E-state index contributed by atoms with van der Waals surface area (Å²) in [6.45, 7) is 1.63. The molecule has 0 radical (unpaired) electrons. The monoisotopic (exact) mass is 386 g/mol. The van der Waals surface area contributed by atoms with Gasteiger partial charge in [0.2, 0.25) is 5.95 Å². The molecule has 1 amide bonds. The molecule has 1 aromatic heterocycles. The van der Waals surface area contributed by atoms with E-state index in [0.29, 0.717) is 22.8 Å². The lowest BCUT2D eigenvalue weighted by Gasteiger charge is -2.16. The van der Waals surface area contributed by atoms with Crippen LogP contribution >= 0.6 is 0 Å². The molecule has 0 spiro atoms. The molecule has 2 N–H and O–H groups in total. The van der Waals surface area contributed by atoms with Gasteiger partial charge in [-0.1, -0.05) is 18.2 Å². The Morgan fingerprint density at radius 3 is 2.43 bits per heavy atom. The first-order valence-electron chi connectivity index (χ1n) is 8.45. The van der Waals surface area contributed by atoms with E-state index in [1.165, 1.54) is 6.07 Å². The summed E-state index contributed by atoms with van der Waals surface area (Å²) in [4.78, 5) is 20.6. The van der Waals surface area contributed by atoms with Crippen LogP contribution in [0, 0.1) is 0 Å². The van der Waals surface area contributed by atoms with Crippen molar-refractivity contribution in [2.24, 2.45) is 0 Å².